The number of para-hydroxylation sites is 2. The Labute approximate surface area is 237 Å². The molecule has 0 saturated carbocycles. The molecule has 0 unspecified atom stereocenters. The summed E-state index contributed by atoms with van der Waals surface area (Å²) in [5.74, 6) is 1.66. The summed E-state index contributed by atoms with van der Waals surface area (Å²) in [6.07, 6.45) is 0. The second-order valence-electron chi connectivity index (χ2n) is 10.4. The minimum absolute atomic E-state index is 0.106. The van der Waals surface area contributed by atoms with Gasteiger partial charge in [-0.25, -0.2) is 0 Å². The first-order valence-electron chi connectivity index (χ1n) is 13.7. The van der Waals surface area contributed by atoms with Crippen molar-refractivity contribution in [2.75, 3.05) is 18.9 Å². The number of methoxy groups -OCH3 is 2. The molecule has 0 aliphatic rings. The van der Waals surface area contributed by atoms with Gasteiger partial charge in [-0.05, 0) is 88.1 Å². The van der Waals surface area contributed by atoms with Crippen molar-refractivity contribution in [1.29, 1.82) is 0 Å². The SMILES string of the molecule is COc1ccccc1[C@H](C)N([C@@H](C)c1ccccc1OC)p1oc2ccc(C)c(C)c2c2c(C)c(C)ccc2o1. The lowest BCUT2D eigenvalue weighted by atomic mass is 9.97. The van der Waals surface area contributed by atoms with Crippen molar-refractivity contribution in [3.63, 3.8) is 0 Å². The third kappa shape index (κ3) is 4.89. The van der Waals surface area contributed by atoms with Crippen molar-refractivity contribution in [2.24, 2.45) is 0 Å². The van der Waals surface area contributed by atoms with Crippen LogP contribution >= 0.6 is 8.16 Å². The average Bonchev–Trinajstić information content (AvgIpc) is 3.14. The molecule has 5 aromatic rings. The highest BCUT2D eigenvalue weighted by atomic mass is 31.1. The van der Waals surface area contributed by atoms with Crippen LogP contribution in [0.4, 0.5) is 0 Å². The summed E-state index contributed by atoms with van der Waals surface area (Å²) in [4.78, 5) is 0. The number of benzene rings is 4. The molecule has 0 radical (unpaired) electrons. The topological polar surface area (TPSA) is 48.0 Å². The zero-order valence-electron chi connectivity index (χ0n) is 24.6. The minimum atomic E-state index is -1.62. The molecule has 5 nitrogen and oxygen atoms in total. The van der Waals surface area contributed by atoms with E-state index >= 15 is 0 Å². The van der Waals surface area contributed by atoms with Gasteiger partial charge in [-0.3, -0.25) is 0 Å². The van der Waals surface area contributed by atoms with Crippen LogP contribution in [-0.2, 0) is 0 Å². The molecule has 0 saturated heterocycles. The fourth-order valence-electron chi connectivity index (χ4n) is 5.56. The number of fused-ring (bicyclic) bond motifs is 3. The van der Waals surface area contributed by atoms with Gasteiger partial charge in [0.25, 0.3) is 0 Å². The molecule has 0 spiro atoms. The normalized spacial score (nSPS) is 13.0. The van der Waals surface area contributed by atoms with Crippen LogP contribution in [0, 0.1) is 27.7 Å². The van der Waals surface area contributed by atoms with Crippen LogP contribution in [0.15, 0.2) is 81.2 Å². The Morgan fingerprint density at radius 1 is 0.600 bits per heavy atom. The standard InChI is InChI=1S/C34H38NO4P/c1-21-17-19-31-33(23(21)3)34-24(4)22(2)18-20-32(34)39-40(38-31)35(25(5)27-13-9-11-15-29(27)36-7)26(6)28-14-10-12-16-30(28)37-8/h9-20,25-26H,1-8H3/t25-,26-/m0/s1. The quantitative estimate of drug-likeness (QED) is 0.200. The summed E-state index contributed by atoms with van der Waals surface area (Å²) < 4.78 is 27.8. The van der Waals surface area contributed by atoms with Gasteiger partial charge in [-0.15, -0.1) is 0 Å². The first-order chi connectivity index (χ1) is 19.3. The Balaban J connectivity index is 1.87. The number of aryl methyl sites for hydroxylation is 4. The second kappa shape index (κ2) is 11.4. The highest BCUT2D eigenvalue weighted by Crippen LogP contribution is 2.49. The van der Waals surface area contributed by atoms with Gasteiger partial charge >= 0.3 is 8.16 Å². The summed E-state index contributed by atoms with van der Waals surface area (Å²) in [5, 5.41) is 2.21. The van der Waals surface area contributed by atoms with E-state index in [0.717, 1.165) is 44.6 Å². The summed E-state index contributed by atoms with van der Waals surface area (Å²) in [5.41, 5.74) is 8.66. The smallest absolute Gasteiger partial charge is 0.310 e. The number of ether oxygens (including phenoxy) is 2. The van der Waals surface area contributed by atoms with Crippen molar-refractivity contribution in [3.8, 4) is 11.5 Å². The molecule has 0 aliphatic carbocycles. The zero-order valence-corrected chi connectivity index (χ0v) is 25.5. The lowest BCUT2D eigenvalue weighted by Gasteiger charge is -2.33. The zero-order chi connectivity index (χ0) is 28.6. The molecule has 0 N–H and O–H groups in total. The van der Waals surface area contributed by atoms with Crippen molar-refractivity contribution in [2.45, 2.75) is 53.6 Å². The lowest BCUT2D eigenvalue weighted by molar-refractivity contribution is 0.399. The lowest BCUT2D eigenvalue weighted by Crippen LogP contribution is -2.28. The number of rotatable bonds is 7. The van der Waals surface area contributed by atoms with Gasteiger partial charge in [-0.1, -0.05) is 48.5 Å². The van der Waals surface area contributed by atoms with Crippen molar-refractivity contribution < 1.29 is 17.9 Å². The summed E-state index contributed by atoms with van der Waals surface area (Å²) >= 11 is 0. The highest BCUT2D eigenvalue weighted by Gasteiger charge is 2.32. The molecule has 0 fully saturated rings. The van der Waals surface area contributed by atoms with Gasteiger partial charge in [-0.2, -0.15) is 4.67 Å². The third-order valence-electron chi connectivity index (χ3n) is 8.16. The van der Waals surface area contributed by atoms with E-state index in [-0.39, 0.29) is 12.1 Å². The molecular weight excluding hydrogens is 517 g/mol. The van der Waals surface area contributed by atoms with Crippen molar-refractivity contribution >= 4 is 30.1 Å². The largest absolute Gasteiger partial charge is 0.496 e. The van der Waals surface area contributed by atoms with E-state index in [9.17, 15) is 0 Å². The van der Waals surface area contributed by atoms with Crippen LogP contribution in [-0.4, -0.2) is 14.2 Å². The molecule has 0 amide bonds. The second-order valence-corrected chi connectivity index (χ2v) is 11.7. The van der Waals surface area contributed by atoms with Crippen LogP contribution in [0.2, 0.25) is 0 Å². The molecule has 0 bridgehead atoms. The maximum Gasteiger partial charge on any atom is 0.310 e. The summed E-state index contributed by atoms with van der Waals surface area (Å²) in [6.45, 7) is 13.0. The van der Waals surface area contributed by atoms with Crippen LogP contribution < -0.4 is 14.1 Å². The monoisotopic (exact) mass is 555 g/mol. The molecular formula is C34H38NO4P. The van der Waals surface area contributed by atoms with Crippen LogP contribution in [0.1, 0.15) is 59.3 Å². The van der Waals surface area contributed by atoms with E-state index in [1.165, 1.54) is 22.3 Å². The number of hydrogen-bond acceptors (Lipinski definition) is 5. The molecule has 1 aromatic heterocycles. The van der Waals surface area contributed by atoms with E-state index in [1.54, 1.807) is 14.2 Å². The van der Waals surface area contributed by atoms with E-state index in [1.807, 2.05) is 36.4 Å². The fourth-order valence-corrected chi connectivity index (χ4v) is 7.24. The van der Waals surface area contributed by atoms with E-state index in [4.69, 9.17) is 17.9 Å². The van der Waals surface area contributed by atoms with Crippen molar-refractivity contribution in [1.82, 2.24) is 0 Å². The average molecular weight is 556 g/mol. The van der Waals surface area contributed by atoms with Crippen LogP contribution in [0.3, 0.4) is 0 Å². The van der Waals surface area contributed by atoms with Gasteiger partial charge in [0.15, 0.2) is 0 Å². The van der Waals surface area contributed by atoms with Gasteiger partial charge in [0.1, 0.15) is 22.7 Å². The highest BCUT2D eigenvalue weighted by molar-refractivity contribution is 7.39. The molecule has 6 heteroatoms. The molecule has 40 heavy (non-hydrogen) atoms. The Bertz CT molecular complexity index is 1600. The molecule has 4 aromatic carbocycles. The number of hydrogen-bond donors (Lipinski definition) is 0. The predicted octanol–water partition coefficient (Wildman–Crippen LogP) is 10.0. The molecule has 0 aliphatic heterocycles. The van der Waals surface area contributed by atoms with E-state index in [0.29, 0.717) is 0 Å². The van der Waals surface area contributed by atoms with Gasteiger partial charge < -0.3 is 17.9 Å². The van der Waals surface area contributed by atoms with Gasteiger partial charge in [0, 0.05) is 34.0 Å². The summed E-state index contributed by atoms with van der Waals surface area (Å²) in [7, 11) is 1.81. The minimum Gasteiger partial charge on any atom is -0.496 e. The van der Waals surface area contributed by atoms with E-state index < -0.39 is 8.16 Å². The Kier molecular flexibility index (Phi) is 7.98. The van der Waals surface area contributed by atoms with Gasteiger partial charge in [0.2, 0.25) is 0 Å². The molecule has 1 heterocycles. The maximum absolute atomic E-state index is 6.95. The Morgan fingerprint density at radius 3 is 1.40 bits per heavy atom. The molecule has 5 rings (SSSR count). The van der Waals surface area contributed by atoms with Gasteiger partial charge in [0.05, 0.1) is 14.2 Å². The summed E-state index contributed by atoms with van der Waals surface area (Å²) in [6, 6.07) is 24.6. The first-order valence-corrected chi connectivity index (χ1v) is 14.8. The van der Waals surface area contributed by atoms with Crippen molar-refractivity contribution in [3.05, 3.63) is 106 Å². The first kappa shape index (κ1) is 27.9. The Morgan fingerprint density at radius 2 is 1.00 bits per heavy atom. The van der Waals surface area contributed by atoms with E-state index in [2.05, 4.69) is 82.6 Å². The number of nitrogens with zero attached hydrogens (tertiary/aromatic N) is 1. The Hall–Kier alpha value is -3.66. The maximum atomic E-state index is 6.95. The van der Waals surface area contributed by atoms with Crippen LogP contribution in [0.25, 0.3) is 21.9 Å². The third-order valence-corrected chi connectivity index (χ3v) is 9.93. The predicted molar refractivity (Wildman–Crippen MR) is 166 cm³/mol. The molecule has 208 valence electrons. The fraction of sp³-hybridized carbons (Fsp3) is 0.294. The molecule has 2 atom stereocenters. The van der Waals surface area contributed by atoms with Crippen LogP contribution in [0.5, 0.6) is 11.5 Å².